The molecule has 9 rings (SSSR count). The van der Waals surface area contributed by atoms with E-state index in [9.17, 15) is 0 Å². The van der Waals surface area contributed by atoms with Gasteiger partial charge in [0, 0.05) is 22.0 Å². The van der Waals surface area contributed by atoms with Gasteiger partial charge in [-0.1, -0.05) is 97.1 Å². The van der Waals surface area contributed by atoms with Gasteiger partial charge in [0.2, 0.25) is 0 Å². The lowest BCUT2D eigenvalue weighted by Gasteiger charge is -2.41. The molecule has 3 nitrogen and oxygen atoms in total. The molecule has 192 valence electrons. The molecule has 0 bridgehead atoms. The normalized spacial score (nSPS) is 13.0. The van der Waals surface area contributed by atoms with Crippen LogP contribution in [0.4, 0.5) is 34.1 Å². The van der Waals surface area contributed by atoms with E-state index in [0.29, 0.717) is 0 Å². The molecule has 0 unspecified atom stereocenters. The molecule has 7 aromatic rings. The lowest BCUT2D eigenvalue weighted by molar-refractivity contribution is 0.477. The number of anilines is 6. The van der Waals surface area contributed by atoms with Gasteiger partial charge in [0.05, 0.1) is 22.7 Å². The quantitative estimate of drug-likeness (QED) is 0.224. The van der Waals surface area contributed by atoms with E-state index in [1.807, 2.05) is 6.07 Å². The molecule has 0 atom stereocenters. The molecule has 0 fully saturated rings. The Morgan fingerprint density at radius 2 is 1.07 bits per heavy atom. The fraction of sp³-hybridized carbons (Fsp3) is 0. The Bertz CT molecular complexity index is 2140. The first-order valence-corrected chi connectivity index (χ1v) is 14.0. The van der Waals surface area contributed by atoms with Gasteiger partial charge in [0.15, 0.2) is 11.5 Å². The van der Waals surface area contributed by atoms with Gasteiger partial charge in [-0.15, -0.1) is 0 Å². The van der Waals surface area contributed by atoms with Crippen molar-refractivity contribution in [2.75, 3.05) is 9.80 Å². The van der Waals surface area contributed by atoms with Crippen LogP contribution in [0.5, 0.6) is 11.5 Å². The predicted octanol–water partition coefficient (Wildman–Crippen LogP) is 11.0. The number of nitrogens with zero attached hydrogens (tertiary/aromatic N) is 2. The number of hydrogen-bond donors (Lipinski definition) is 0. The largest absolute Gasteiger partial charge is 0.453 e. The highest BCUT2D eigenvalue weighted by Crippen LogP contribution is 2.62. The van der Waals surface area contributed by atoms with E-state index in [1.54, 1.807) is 0 Å². The molecule has 0 N–H and O–H groups in total. The second-order valence-electron chi connectivity index (χ2n) is 10.6. The number of ether oxygens (including phenoxy) is 1. The fourth-order valence-electron chi connectivity index (χ4n) is 6.62. The van der Waals surface area contributed by atoms with Crippen molar-refractivity contribution < 1.29 is 4.74 Å². The average Bonchev–Trinajstić information content (AvgIpc) is 3.04. The minimum atomic E-state index is 0.836. The van der Waals surface area contributed by atoms with Crippen LogP contribution < -0.4 is 14.5 Å². The Morgan fingerprint density at radius 1 is 0.390 bits per heavy atom. The number of rotatable bonds is 2. The zero-order chi connectivity index (χ0) is 26.9. The molecule has 0 aliphatic carbocycles. The van der Waals surface area contributed by atoms with Crippen LogP contribution in [0.3, 0.4) is 0 Å². The van der Waals surface area contributed by atoms with Gasteiger partial charge in [-0.05, 0) is 64.9 Å². The van der Waals surface area contributed by atoms with Gasteiger partial charge in [-0.2, -0.15) is 0 Å². The van der Waals surface area contributed by atoms with Crippen molar-refractivity contribution in [3.8, 4) is 22.6 Å². The van der Waals surface area contributed by atoms with Crippen molar-refractivity contribution in [2.45, 2.75) is 0 Å². The van der Waals surface area contributed by atoms with Crippen molar-refractivity contribution in [1.29, 1.82) is 0 Å². The Balaban J connectivity index is 1.44. The Labute approximate surface area is 238 Å². The Kier molecular flexibility index (Phi) is 4.61. The van der Waals surface area contributed by atoms with E-state index in [-0.39, 0.29) is 0 Å². The van der Waals surface area contributed by atoms with E-state index in [4.69, 9.17) is 4.74 Å². The Morgan fingerprint density at radius 3 is 1.98 bits per heavy atom. The summed E-state index contributed by atoms with van der Waals surface area (Å²) in [5.74, 6) is 1.68. The maximum Gasteiger partial charge on any atom is 0.153 e. The summed E-state index contributed by atoms with van der Waals surface area (Å²) < 4.78 is 6.68. The highest BCUT2D eigenvalue weighted by Gasteiger charge is 2.36. The van der Waals surface area contributed by atoms with Crippen LogP contribution in [0.15, 0.2) is 146 Å². The molecule has 0 radical (unpaired) electrons. The molecule has 2 heterocycles. The average molecular weight is 525 g/mol. The second kappa shape index (κ2) is 8.48. The van der Waals surface area contributed by atoms with Gasteiger partial charge in [0.25, 0.3) is 0 Å². The van der Waals surface area contributed by atoms with Crippen molar-refractivity contribution >= 4 is 55.7 Å². The molecule has 3 heteroatoms. The van der Waals surface area contributed by atoms with Crippen LogP contribution in [0.25, 0.3) is 32.7 Å². The van der Waals surface area contributed by atoms with E-state index in [2.05, 4.69) is 149 Å². The lowest BCUT2D eigenvalue weighted by Crippen LogP contribution is -2.22. The first-order valence-electron chi connectivity index (χ1n) is 14.0. The minimum Gasteiger partial charge on any atom is -0.453 e. The predicted molar refractivity (Wildman–Crippen MR) is 170 cm³/mol. The Hall–Kier alpha value is -5.54. The first-order chi connectivity index (χ1) is 20.4. The minimum absolute atomic E-state index is 0.836. The van der Waals surface area contributed by atoms with Crippen LogP contribution in [0.2, 0.25) is 0 Å². The molecule has 0 saturated carbocycles. The molecule has 0 spiro atoms. The van der Waals surface area contributed by atoms with Gasteiger partial charge in [-0.25, -0.2) is 0 Å². The molecule has 2 aliphatic rings. The number of benzene rings is 7. The zero-order valence-electron chi connectivity index (χ0n) is 22.2. The topological polar surface area (TPSA) is 15.7 Å². The summed E-state index contributed by atoms with van der Waals surface area (Å²) >= 11 is 0. The summed E-state index contributed by atoms with van der Waals surface area (Å²) in [5, 5.41) is 4.90. The van der Waals surface area contributed by atoms with E-state index in [0.717, 1.165) is 39.9 Å². The third kappa shape index (κ3) is 3.14. The smallest absolute Gasteiger partial charge is 0.153 e. The molecular formula is C38H24N2O. The van der Waals surface area contributed by atoms with Crippen molar-refractivity contribution in [3.05, 3.63) is 146 Å². The summed E-state index contributed by atoms with van der Waals surface area (Å²) in [4.78, 5) is 4.82. The van der Waals surface area contributed by atoms with Crippen molar-refractivity contribution in [3.63, 3.8) is 0 Å². The summed E-state index contributed by atoms with van der Waals surface area (Å²) in [6.45, 7) is 0. The van der Waals surface area contributed by atoms with Crippen molar-refractivity contribution in [2.24, 2.45) is 0 Å². The molecule has 0 saturated heterocycles. The first kappa shape index (κ1) is 22.3. The monoisotopic (exact) mass is 524 g/mol. The second-order valence-corrected chi connectivity index (χ2v) is 10.6. The van der Waals surface area contributed by atoms with E-state index in [1.165, 1.54) is 38.4 Å². The third-order valence-electron chi connectivity index (χ3n) is 8.32. The summed E-state index contributed by atoms with van der Waals surface area (Å²) in [6, 6.07) is 51.8. The van der Waals surface area contributed by atoms with Gasteiger partial charge in [0.1, 0.15) is 5.69 Å². The van der Waals surface area contributed by atoms with E-state index >= 15 is 0 Å². The lowest BCUT2D eigenvalue weighted by atomic mass is 9.89. The number of hydrogen-bond acceptors (Lipinski definition) is 3. The summed E-state index contributed by atoms with van der Waals surface area (Å²) in [6.07, 6.45) is 0. The van der Waals surface area contributed by atoms with Gasteiger partial charge >= 0.3 is 0 Å². The highest BCUT2D eigenvalue weighted by molar-refractivity contribution is 6.18. The third-order valence-corrected chi connectivity index (χ3v) is 8.32. The fourth-order valence-corrected chi connectivity index (χ4v) is 6.62. The standard InChI is InChI=1S/C38H24N2O/c1-2-15-27(16-3-1)39-33-21-10-14-26-13-8-18-29(36(26)33)30-23-24-35-38(37(30)39)40(32-19-6-7-22-34(32)41-35)31-20-9-12-25-11-4-5-17-28(25)31/h1-24H. The molecule has 7 aromatic carbocycles. The number of para-hydroxylation sites is 3. The highest BCUT2D eigenvalue weighted by atomic mass is 16.5. The molecular weight excluding hydrogens is 500 g/mol. The van der Waals surface area contributed by atoms with E-state index < -0.39 is 0 Å². The van der Waals surface area contributed by atoms with Crippen LogP contribution in [0.1, 0.15) is 0 Å². The zero-order valence-corrected chi connectivity index (χ0v) is 22.2. The van der Waals surface area contributed by atoms with Crippen LogP contribution in [0, 0.1) is 0 Å². The van der Waals surface area contributed by atoms with Gasteiger partial charge < -0.3 is 14.5 Å². The van der Waals surface area contributed by atoms with Crippen LogP contribution in [-0.4, -0.2) is 0 Å². The van der Waals surface area contributed by atoms with Gasteiger partial charge in [-0.3, -0.25) is 0 Å². The molecule has 41 heavy (non-hydrogen) atoms. The van der Waals surface area contributed by atoms with Crippen LogP contribution >= 0.6 is 0 Å². The van der Waals surface area contributed by atoms with Crippen LogP contribution in [-0.2, 0) is 0 Å². The maximum atomic E-state index is 6.68. The molecule has 0 amide bonds. The number of fused-ring (bicyclic) bond motifs is 6. The summed E-state index contributed by atoms with van der Waals surface area (Å²) in [5.41, 5.74) is 9.00. The summed E-state index contributed by atoms with van der Waals surface area (Å²) in [7, 11) is 0. The SMILES string of the molecule is c1ccc(N2c3c(ccc4c3N(c3cccc5ccccc35)c3ccccc3O4)-c3cccc4cccc2c34)cc1. The molecule has 2 aliphatic heterocycles. The van der Waals surface area contributed by atoms with Crippen molar-refractivity contribution in [1.82, 2.24) is 0 Å². The maximum absolute atomic E-state index is 6.68. The molecule has 0 aromatic heterocycles.